The Morgan fingerprint density at radius 3 is 2.84 bits per heavy atom. The highest BCUT2D eigenvalue weighted by molar-refractivity contribution is 8.00. The number of aryl methyl sites for hydroxylation is 1. The van der Waals surface area contributed by atoms with E-state index in [0.717, 1.165) is 33.0 Å². The Labute approximate surface area is 119 Å². The zero-order valence-corrected chi connectivity index (χ0v) is 12.0. The number of hydrogen-bond donors (Lipinski definition) is 1. The Hall–Kier alpha value is -1.66. The molecule has 0 saturated carbocycles. The summed E-state index contributed by atoms with van der Waals surface area (Å²) in [6.45, 7) is 2.10. The number of benzene rings is 1. The number of imidazole rings is 1. The van der Waals surface area contributed by atoms with Gasteiger partial charge < -0.3 is 4.98 Å². The van der Waals surface area contributed by atoms with E-state index >= 15 is 0 Å². The second kappa shape index (κ2) is 5.54. The molecule has 0 bridgehead atoms. The molecule has 3 rings (SSSR count). The first-order valence-corrected chi connectivity index (χ1v) is 7.55. The summed E-state index contributed by atoms with van der Waals surface area (Å²) in [6.07, 6.45) is 2.82. The van der Waals surface area contributed by atoms with Crippen molar-refractivity contribution in [2.45, 2.75) is 22.8 Å². The second-order valence-electron chi connectivity index (χ2n) is 3.92. The number of aromatic nitrogens is 4. The van der Waals surface area contributed by atoms with Crippen molar-refractivity contribution in [1.29, 1.82) is 0 Å². The molecule has 2 aromatic heterocycles. The van der Waals surface area contributed by atoms with Crippen LogP contribution in [0.4, 0.5) is 0 Å². The predicted molar refractivity (Wildman–Crippen MR) is 77.4 cm³/mol. The molecule has 0 amide bonds. The molecule has 2 heterocycles. The van der Waals surface area contributed by atoms with Crippen LogP contribution in [0.2, 0.25) is 0 Å². The Morgan fingerprint density at radius 1 is 1.26 bits per heavy atom. The summed E-state index contributed by atoms with van der Waals surface area (Å²) in [7, 11) is 0. The average molecular weight is 288 g/mol. The van der Waals surface area contributed by atoms with Gasteiger partial charge in [-0.1, -0.05) is 37.3 Å². The molecule has 0 fully saturated rings. The maximum atomic E-state index is 4.52. The monoisotopic (exact) mass is 288 g/mol. The normalized spacial score (nSPS) is 10.8. The van der Waals surface area contributed by atoms with Gasteiger partial charge >= 0.3 is 0 Å². The molecule has 19 heavy (non-hydrogen) atoms. The van der Waals surface area contributed by atoms with Crippen LogP contribution in [-0.2, 0) is 6.42 Å². The van der Waals surface area contributed by atoms with Gasteiger partial charge in [0.05, 0.1) is 0 Å². The van der Waals surface area contributed by atoms with Gasteiger partial charge in [-0.3, -0.25) is 0 Å². The van der Waals surface area contributed by atoms with Crippen molar-refractivity contribution in [2.75, 3.05) is 0 Å². The molecule has 0 aliphatic heterocycles. The number of aromatic amines is 1. The predicted octanol–water partition coefficient (Wildman–Crippen LogP) is 3.64. The highest BCUT2D eigenvalue weighted by Crippen LogP contribution is 2.29. The first-order valence-electron chi connectivity index (χ1n) is 5.96. The van der Waals surface area contributed by atoms with Crippen LogP contribution in [0, 0.1) is 0 Å². The van der Waals surface area contributed by atoms with Gasteiger partial charge in [-0.25, -0.2) is 9.97 Å². The van der Waals surface area contributed by atoms with Crippen molar-refractivity contribution >= 4 is 23.3 Å². The topological polar surface area (TPSA) is 54.5 Å². The maximum Gasteiger partial charge on any atom is 0.178 e. The highest BCUT2D eigenvalue weighted by atomic mass is 32.2. The number of rotatable bonds is 4. The van der Waals surface area contributed by atoms with Crippen LogP contribution < -0.4 is 0 Å². The van der Waals surface area contributed by atoms with Crippen LogP contribution in [0.1, 0.15) is 12.6 Å². The zero-order chi connectivity index (χ0) is 13.1. The molecule has 96 valence electrons. The van der Waals surface area contributed by atoms with Crippen molar-refractivity contribution in [1.82, 2.24) is 19.3 Å². The molecule has 0 aliphatic carbocycles. The van der Waals surface area contributed by atoms with Gasteiger partial charge in [-0.05, 0) is 29.7 Å². The SMILES string of the molecule is CCc1cnc(Sc2nc(-c3ccccc3)ns2)[nH]1. The Morgan fingerprint density at radius 2 is 2.11 bits per heavy atom. The van der Waals surface area contributed by atoms with E-state index in [4.69, 9.17) is 0 Å². The fraction of sp³-hybridized carbons (Fsp3) is 0.154. The summed E-state index contributed by atoms with van der Waals surface area (Å²) in [4.78, 5) is 12.1. The van der Waals surface area contributed by atoms with E-state index in [9.17, 15) is 0 Å². The molecule has 4 nitrogen and oxygen atoms in total. The van der Waals surface area contributed by atoms with Crippen molar-refractivity contribution < 1.29 is 0 Å². The third-order valence-electron chi connectivity index (χ3n) is 2.61. The Kier molecular flexibility index (Phi) is 3.61. The average Bonchev–Trinajstić information content (AvgIpc) is 3.09. The molecule has 0 unspecified atom stereocenters. The first-order chi connectivity index (χ1) is 9.35. The van der Waals surface area contributed by atoms with Gasteiger partial charge in [0.25, 0.3) is 0 Å². The third kappa shape index (κ3) is 2.85. The summed E-state index contributed by atoms with van der Waals surface area (Å²) >= 11 is 2.92. The minimum Gasteiger partial charge on any atom is -0.337 e. The minimum atomic E-state index is 0.773. The smallest absolute Gasteiger partial charge is 0.178 e. The maximum absolute atomic E-state index is 4.52. The van der Waals surface area contributed by atoms with Gasteiger partial charge in [0.2, 0.25) is 0 Å². The summed E-state index contributed by atoms with van der Waals surface area (Å²) in [5.41, 5.74) is 2.18. The fourth-order valence-electron chi connectivity index (χ4n) is 1.61. The van der Waals surface area contributed by atoms with Gasteiger partial charge in [0.15, 0.2) is 15.3 Å². The van der Waals surface area contributed by atoms with Gasteiger partial charge in [-0.15, -0.1) is 0 Å². The summed E-state index contributed by atoms with van der Waals surface area (Å²) in [6, 6.07) is 9.99. The zero-order valence-electron chi connectivity index (χ0n) is 10.3. The van der Waals surface area contributed by atoms with Crippen LogP contribution >= 0.6 is 23.3 Å². The lowest BCUT2D eigenvalue weighted by molar-refractivity contribution is 0.992. The minimum absolute atomic E-state index is 0.773. The lowest BCUT2D eigenvalue weighted by Crippen LogP contribution is -1.80. The van der Waals surface area contributed by atoms with Crippen LogP contribution in [-0.4, -0.2) is 19.3 Å². The van der Waals surface area contributed by atoms with E-state index in [1.807, 2.05) is 36.5 Å². The number of hydrogen-bond acceptors (Lipinski definition) is 5. The molecule has 6 heteroatoms. The Bertz CT molecular complexity index is 660. The molecule has 0 radical (unpaired) electrons. The van der Waals surface area contributed by atoms with Gasteiger partial charge in [-0.2, -0.15) is 4.37 Å². The highest BCUT2D eigenvalue weighted by Gasteiger charge is 2.09. The van der Waals surface area contributed by atoms with E-state index < -0.39 is 0 Å². The molecule has 0 spiro atoms. The molecular formula is C13H12N4S2. The quantitative estimate of drug-likeness (QED) is 0.796. The van der Waals surface area contributed by atoms with Crippen molar-refractivity contribution in [3.05, 3.63) is 42.2 Å². The second-order valence-corrected chi connectivity index (χ2v) is 5.91. The molecule has 0 atom stereocenters. The van der Waals surface area contributed by atoms with Crippen molar-refractivity contribution in [2.24, 2.45) is 0 Å². The van der Waals surface area contributed by atoms with Gasteiger partial charge in [0, 0.05) is 17.5 Å². The number of nitrogens with zero attached hydrogens (tertiary/aromatic N) is 3. The van der Waals surface area contributed by atoms with Crippen LogP contribution in [0.3, 0.4) is 0 Å². The number of nitrogens with one attached hydrogen (secondary N) is 1. The summed E-state index contributed by atoms with van der Waals surface area (Å²) in [5.74, 6) is 0.773. The molecular weight excluding hydrogens is 276 g/mol. The standard InChI is InChI=1S/C13H12N4S2/c1-2-10-8-14-12(15-10)18-13-16-11(17-19-13)9-6-4-3-5-7-9/h3-8H,2H2,1H3,(H,14,15). The molecule has 3 aromatic rings. The van der Waals surface area contributed by atoms with E-state index in [-0.39, 0.29) is 0 Å². The lowest BCUT2D eigenvalue weighted by atomic mass is 10.2. The fourth-order valence-corrected chi connectivity index (χ4v) is 3.13. The van der Waals surface area contributed by atoms with Crippen LogP contribution in [0.5, 0.6) is 0 Å². The van der Waals surface area contributed by atoms with Crippen molar-refractivity contribution in [3.63, 3.8) is 0 Å². The van der Waals surface area contributed by atoms with Crippen LogP contribution in [0.15, 0.2) is 46.0 Å². The largest absolute Gasteiger partial charge is 0.337 e. The molecule has 1 aromatic carbocycles. The molecule has 0 aliphatic rings. The van der Waals surface area contributed by atoms with E-state index in [0.29, 0.717) is 0 Å². The molecule has 0 saturated heterocycles. The summed E-state index contributed by atoms with van der Waals surface area (Å²) < 4.78 is 5.28. The Balaban J connectivity index is 1.78. The molecule has 1 N–H and O–H groups in total. The van der Waals surface area contributed by atoms with Crippen molar-refractivity contribution in [3.8, 4) is 11.4 Å². The summed E-state index contributed by atoms with van der Waals surface area (Å²) in [5, 5.41) is 0.868. The van der Waals surface area contributed by atoms with Crippen LogP contribution in [0.25, 0.3) is 11.4 Å². The first kappa shape index (κ1) is 12.4. The lowest BCUT2D eigenvalue weighted by Gasteiger charge is -1.92. The van der Waals surface area contributed by atoms with E-state index in [2.05, 4.69) is 26.2 Å². The van der Waals surface area contributed by atoms with E-state index in [1.165, 1.54) is 23.3 Å². The van der Waals surface area contributed by atoms with E-state index in [1.54, 1.807) is 0 Å². The van der Waals surface area contributed by atoms with Gasteiger partial charge in [0.1, 0.15) is 0 Å². The number of H-pyrrole nitrogens is 1. The third-order valence-corrected chi connectivity index (χ3v) is 4.26.